The molecule has 376 valence electrons. The summed E-state index contributed by atoms with van der Waals surface area (Å²) in [6.07, 6.45) is 71.0. The Hall–Kier alpha value is -3.67. The minimum absolute atomic E-state index is 0.0924. The fraction of sp³-hybridized carbons (Fsp3) is 0.683. The third-order valence-corrected chi connectivity index (χ3v) is 11.4. The van der Waals surface area contributed by atoms with E-state index in [9.17, 15) is 14.4 Å². The van der Waals surface area contributed by atoms with Crippen LogP contribution >= 0.6 is 0 Å². The smallest absolute Gasteiger partial charge is 0.306 e. The number of ether oxygens (including phenoxy) is 3. The van der Waals surface area contributed by atoms with Gasteiger partial charge in [0.05, 0.1) is 0 Å². The zero-order chi connectivity index (χ0) is 47.9. The van der Waals surface area contributed by atoms with E-state index in [1.54, 1.807) is 0 Å². The Kier molecular flexibility index (Phi) is 50.9. The van der Waals surface area contributed by atoms with E-state index < -0.39 is 6.10 Å². The summed E-state index contributed by atoms with van der Waals surface area (Å²) in [6.45, 7) is 6.34. The number of rotatable bonds is 48. The van der Waals surface area contributed by atoms with Crippen LogP contribution < -0.4 is 0 Å². The van der Waals surface area contributed by atoms with E-state index in [-0.39, 0.29) is 31.1 Å². The highest BCUT2D eigenvalue weighted by atomic mass is 16.6. The van der Waals surface area contributed by atoms with Crippen molar-refractivity contribution in [3.8, 4) is 0 Å². The molecule has 0 saturated heterocycles. The van der Waals surface area contributed by atoms with E-state index in [4.69, 9.17) is 14.2 Å². The molecular weight excluding hydrogens is 817 g/mol. The highest BCUT2D eigenvalue weighted by Crippen LogP contribution is 2.15. The summed E-state index contributed by atoms with van der Waals surface area (Å²) < 4.78 is 16.8. The van der Waals surface area contributed by atoms with E-state index in [2.05, 4.69) is 118 Å². The highest BCUT2D eigenvalue weighted by Gasteiger charge is 2.19. The van der Waals surface area contributed by atoms with Crippen molar-refractivity contribution in [2.24, 2.45) is 0 Å². The summed E-state index contributed by atoms with van der Waals surface area (Å²) in [6, 6.07) is 0. The van der Waals surface area contributed by atoms with Crippen molar-refractivity contribution >= 4 is 17.9 Å². The normalized spacial score (nSPS) is 12.8. The van der Waals surface area contributed by atoms with E-state index in [1.807, 2.05) is 0 Å². The number of carbonyl (C=O) groups excluding carboxylic acids is 3. The largest absolute Gasteiger partial charge is 0.462 e. The summed E-state index contributed by atoms with van der Waals surface area (Å²) in [5.41, 5.74) is 0. The van der Waals surface area contributed by atoms with Crippen molar-refractivity contribution in [1.29, 1.82) is 0 Å². The lowest BCUT2D eigenvalue weighted by molar-refractivity contribution is -0.167. The molecule has 0 radical (unpaired) electrons. The number of unbranched alkanes of at least 4 members (excludes halogenated alkanes) is 24. The summed E-state index contributed by atoms with van der Waals surface area (Å²) in [4.78, 5) is 38.1. The fourth-order valence-corrected chi connectivity index (χ4v) is 7.33. The molecule has 0 saturated carbocycles. The molecule has 1 atom stereocenters. The molecular formula is C60H100O6. The van der Waals surface area contributed by atoms with Crippen molar-refractivity contribution in [3.63, 3.8) is 0 Å². The van der Waals surface area contributed by atoms with Gasteiger partial charge >= 0.3 is 17.9 Å². The van der Waals surface area contributed by atoms with Gasteiger partial charge < -0.3 is 14.2 Å². The molecule has 0 N–H and O–H groups in total. The van der Waals surface area contributed by atoms with Crippen LogP contribution in [0.3, 0.4) is 0 Å². The first-order valence-corrected chi connectivity index (χ1v) is 27.3. The van der Waals surface area contributed by atoms with Gasteiger partial charge in [0.25, 0.3) is 0 Å². The minimum atomic E-state index is -0.795. The zero-order valence-corrected chi connectivity index (χ0v) is 42.9. The minimum Gasteiger partial charge on any atom is -0.462 e. The quantitative estimate of drug-likeness (QED) is 0.0199. The van der Waals surface area contributed by atoms with E-state index in [0.29, 0.717) is 19.3 Å². The maximum Gasteiger partial charge on any atom is 0.306 e. The Labute approximate surface area is 407 Å². The maximum absolute atomic E-state index is 12.8. The molecule has 0 aromatic rings. The molecule has 0 fully saturated rings. The maximum atomic E-state index is 12.8. The van der Waals surface area contributed by atoms with Crippen LogP contribution in [0.4, 0.5) is 0 Å². The van der Waals surface area contributed by atoms with Crippen molar-refractivity contribution < 1.29 is 28.6 Å². The van der Waals surface area contributed by atoms with E-state index >= 15 is 0 Å². The topological polar surface area (TPSA) is 78.9 Å². The first kappa shape index (κ1) is 62.3. The molecule has 0 rings (SSSR count). The predicted octanol–water partition coefficient (Wildman–Crippen LogP) is 18.1. The van der Waals surface area contributed by atoms with Gasteiger partial charge in [-0.25, -0.2) is 0 Å². The second-order valence-corrected chi connectivity index (χ2v) is 17.8. The number of hydrogen-bond donors (Lipinski definition) is 0. The molecule has 0 heterocycles. The molecule has 0 aromatic carbocycles. The zero-order valence-electron chi connectivity index (χ0n) is 42.9. The van der Waals surface area contributed by atoms with Gasteiger partial charge in [0.15, 0.2) is 6.10 Å². The van der Waals surface area contributed by atoms with Crippen LogP contribution in [0.25, 0.3) is 0 Å². The van der Waals surface area contributed by atoms with Crippen LogP contribution in [0, 0.1) is 0 Å². The lowest BCUT2D eigenvalue weighted by atomic mass is 10.1. The van der Waals surface area contributed by atoms with Gasteiger partial charge in [0.1, 0.15) is 13.2 Å². The second-order valence-electron chi connectivity index (χ2n) is 17.8. The molecule has 0 aliphatic carbocycles. The van der Waals surface area contributed by atoms with Gasteiger partial charge in [-0.3, -0.25) is 14.4 Å². The Morgan fingerprint density at radius 3 is 1.11 bits per heavy atom. The molecule has 0 spiro atoms. The van der Waals surface area contributed by atoms with Crippen molar-refractivity contribution in [2.75, 3.05) is 13.2 Å². The SMILES string of the molecule is CC\C=C/C=C\C=C/CCCCCCCCCC(=O)OC(COC(=O)CCCCCC/C=C\C/C=C\C/C=C\CC)COC(=O)CCCCCCCCCCCC/C=C\C=C/CCCCC. The molecule has 0 aliphatic heterocycles. The summed E-state index contributed by atoms with van der Waals surface area (Å²) >= 11 is 0. The Balaban J connectivity index is 4.42. The van der Waals surface area contributed by atoms with Gasteiger partial charge in [-0.1, -0.05) is 227 Å². The van der Waals surface area contributed by atoms with Crippen molar-refractivity contribution in [2.45, 2.75) is 252 Å². The first-order chi connectivity index (χ1) is 32.5. The molecule has 0 bridgehead atoms. The van der Waals surface area contributed by atoms with Crippen LogP contribution in [0.15, 0.2) is 97.2 Å². The number of hydrogen-bond acceptors (Lipinski definition) is 6. The summed E-state index contributed by atoms with van der Waals surface area (Å²) in [5.74, 6) is -0.931. The Bertz CT molecular complexity index is 1330. The number of allylic oxidation sites excluding steroid dienone is 16. The molecule has 66 heavy (non-hydrogen) atoms. The van der Waals surface area contributed by atoms with Gasteiger partial charge in [0.2, 0.25) is 0 Å². The van der Waals surface area contributed by atoms with Crippen molar-refractivity contribution in [1.82, 2.24) is 0 Å². The van der Waals surface area contributed by atoms with E-state index in [1.165, 1.54) is 96.3 Å². The Morgan fingerprint density at radius 2 is 0.667 bits per heavy atom. The summed E-state index contributed by atoms with van der Waals surface area (Å²) in [7, 11) is 0. The van der Waals surface area contributed by atoms with Crippen LogP contribution in [-0.4, -0.2) is 37.2 Å². The second kappa shape index (κ2) is 53.9. The third-order valence-electron chi connectivity index (χ3n) is 11.4. The molecule has 1 unspecified atom stereocenters. The number of carbonyl (C=O) groups is 3. The highest BCUT2D eigenvalue weighted by molar-refractivity contribution is 5.71. The predicted molar refractivity (Wildman–Crippen MR) is 284 cm³/mol. The van der Waals surface area contributed by atoms with Gasteiger partial charge in [-0.15, -0.1) is 0 Å². The third kappa shape index (κ3) is 51.3. The first-order valence-electron chi connectivity index (χ1n) is 27.3. The van der Waals surface area contributed by atoms with Crippen molar-refractivity contribution in [3.05, 3.63) is 97.2 Å². The summed E-state index contributed by atoms with van der Waals surface area (Å²) in [5, 5.41) is 0. The van der Waals surface area contributed by atoms with Crippen LogP contribution in [0.5, 0.6) is 0 Å². The molecule has 0 amide bonds. The average Bonchev–Trinajstić information content (AvgIpc) is 3.31. The monoisotopic (exact) mass is 917 g/mol. The average molecular weight is 917 g/mol. The molecule has 0 aromatic heterocycles. The van der Waals surface area contributed by atoms with Gasteiger partial charge in [0, 0.05) is 19.3 Å². The number of esters is 3. The van der Waals surface area contributed by atoms with E-state index in [0.717, 1.165) is 109 Å². The lowest BCUT2D eigenvalue weighted by Gasteiger charge is -2.18. The van der Waals surface area contributed by atoms with Gasteiger partial charge in [-0.05, 0) is 96.3 Å². The lowest BCUT2D eigenvalue weighted by Crippen LogP contribution is -2.30. The standard InChI is InChI=1S/C60H100O6/c1-4-7-10-13-16-19-22-25-28-29-30-31-33-35-38-41-44-47-50-53-59(62)65-56-57(55-64-58(61)52-49-46-43-40-37-34-27-24-21-18-15-12-9-6-3)66-60(63)54-51-48-45-42-39-36-32-26-23-20-17-14-11-8-5-2/h8-9,11-12,14,16-23,25,27,34,57H,4-7,10,13,15,24,26,28-33,35-56H2,1-3H3/b11-8-,12-9-,17-14-,19-16-,21-18-,23-20-,25-22-,34-27-. The molecule has 6 heteroatoms. The van der Waals surface area contributed by atoms with Crippen LogP contribution in [0.2, 0.25) is 0 Å². The molecule has 6 nitrogen and oxygen atoms in total. The van der Waals surface area contributed by atoms with Crippen LogP contribution in [0.1, 0.15) is 245 Å². The fourth-order valence-electron chi connectivity index (χ4n) is 7.33. The van der Waals surface area contributed by atoms with Gasteiger partial charge in [-0.2, -0.15) is 0 Å². The van der Waals surface area contributed by atoms with Crippen LogP contribution in [-0.2, 0) is 28.6 Å². The molecule has 0 aliphatic rings. The Morgan fingerprint density at radius 1 is 0.333 bits per heavy atom.